The first-order valence-electron chi connectivity index (χ1n) is 16.6. The highest BCUT2D eigenvalue weighted by atomic mass is 28.4. The standard InChI is InChI=1S/C36H55N4O3Si/c1-25(2)31-23-37-40-33(39-15-17-41-18-16-39)22-32(38-34(31)40)28-19-27(26-11-12-26)20-30(21-28)42-24-29(13-14-35(3,4)5)43-44(9,10)36(6,7)8/h14,19-23,25-26,29H,11-13,15-18,24H2,1-10H3. The number of nitrogens with zero attached hydrogens (tertiary/aromatic N) is 4. The van der Waals surface area contributed by atoms with Gasteiger partial charge in [-0.2, -0.15) is 9.61 Å². The SMILES string of the molecule is CC(C)c1cnn2c(N3CCOCC3)cc(-c3cc(OCC(C[CH]C(C)(C)C)O[Si](C)(C)C(C)(C)C)cc(C4CC4)c3)nc12. The van der Waals surface area contributed by atoms with Gasteiger partial charge in [-0.3, -0.25) is 0 Å². The number of morpholine rings is 1. The van der Waals surface area contributed by atoms with E-state index in [1.165, 1.54) is 18.4 Å². The molecule has 0 bridgehead atoms. The van der Waals surface area contributed by atoms with Crippen molar-refractivity contribution >= 4 is 19.8 Å². The minimum Gasteiger partial charge on any atom is -0.491 e. The fourth-order valence-corrected chi connectivity index (χ4v) is 6.81. The van der Waals surface area contributed by atoms with Gasteiger partial charge < -0.3 is 18.8 Å². The van der Waals surface area contributed by atoms with E-state index in [0.29, 0.717) is 18.4 Å². The molecule has 1 saturated carbocycles. The Balaban J connectivity index is 1.49. The Hall–Kier alpha value is -2.42. The van der Waals surface area contributed by atoms with E-state index in [4.69, 9.17) is 24.0 Å². The number of rotatable bonds is 11. The number of anilines is 1. The summed E-state index contributed by atoms with van der Waals surface area (Å²) in [4.78, 5) is 7.60. The zero-order valence-electron chi connectivity index (χ0n) is 28.9. The van der Waals surface area contributed by atoms with E-state index >= 15 is 0 Å². The monoisotopic (exact) mass is 619 g/mol. The number of benzene rings is 1. The van der Waals surface area contributed by atoms with Gasteiger partial charge in [0.05, 0.1) is 31.2 Å². The zero-order chi connectivity index (χ0) is 31.9. The molecule has 8 heteroatoms. The summed E-state index contributed by atoms with van der Waals surface area (Å²) < 4.78 is 21.3. The zero-order valence-corrected chi connectivity index (χ0v) is 29.9. The third-order valence-electron chi connectivity index (χ3n) is 9.41. The summed E-state index contributed by atoms with van der Waals surface area (Å²) >= 11 is 0. The maximum Gasteiger partial charge on any atom is 0.192 e. The van der Waals surface area contributed by atoms with Crippen LogP contribution >= 0.6 is 0 Å². The van der Waals surface area contributed by atoms with Gasteiger partial charge in [-0.25, -0.2) is 4.98 Å². The fourth-order valence-electron chi connectivity index (χ4n) is 5.46. The van der Waals surface area contributed by atoms with E-state index in [1.54, 1.807) is 0 Å². The van der Waals surface area contributed by atoms with Crippen LogP contribution in [0.15, 0.2) is 30.5 Å². The first-order chi connectivity index (χ1) is 20.6. The summed E-state index contributed by atoms with van der Waals surface area (Å²) in [6.45, 7) is 26.4. The summed E-state index contributed by atoms with van der Waals surface area (Å²) in [7, 11) is -1.97. The molecule has 3 aromatic rings. The molecule has 44 heavy (non-hydrogen) atoms. The van der Waals surface area contributed by atoms with Gasteiger partial charge in [0.25, 0.3) is 0 Å². The van der Waals surface area contributed by atoms with Crippen LogP contribution in [0.1, 0.15) is 97.6 Å². The van der Waals surface area contributed by atoms with Crippen molar-refractivity contribution in [2.24, 2.45) is 5.41 Å². The fraction of sp³-hybridized carbons (Fsp3) is 0.639. The average Bonchev–Trinajstić information content (AvgIpc) is 3.71. The van der Waals surface area contributed by atoms with E-state index in [2.05, 4.69) is 104 Å². The van der Waals surface area contributed by atoms with Crippen molar-refractivity contribution in [3.8, 4) is 17.0 Å². The molecule has 1 atom stereocenters. The van der Waals surface area contributed by atoms with E-state index < -0.39 is 8.32 Å². The summed E-state index contributed by atoms with van der Waals surface area (Å²) in [5.74, 6) is 2.89. The second-order valence-electron chi connectivity index (χ2n) is 15.8. The smallest absolute Gasteiger partial charge is 0.192 e. The molecule has 7 nitrogen and oxygen atoms in total. The third-order valence-corrected chi connectivity index (χ3v) is 13.9. The van der Waals surface area contributed by atoms with Gasteiger partial charge >= 0.3 is 0 Å². The van der Waals surface area contributed by atoms with Crippen LogP contribution in [-0.2, 0) is 9.16 Å². The number of hydrogen-bond acceptors (Lipinski definition) is 6. The molecule has 1 aliphatic carbocycles. The summed E-state index contributed by atoms with van der Waals surface area (Å²) in [6, 6.07) is 8.95. The minimum absolute atomic E-state index is 0.00550. The molecule has 5 rings (SSSR count). The topological polar surface area (TPSA) is 61.1 Å². The first-order valence-corrected chi connectivity index (χ1v) is 19.5. The molecule has 3 heterocycles. The number of hydrogen-bond donors (Lipinski definition) is 0. The van der Waals surface area contributed by atoms with Crippen molar-refractivity contribution in [3.63, 3.8) is 0 Å². The molecule has 1 saturated heterocycles. The predicted octanol–water partition coefficient (Wildman–Crippen LogP) is 8.64. The number of fused-ring (bicyclic) bond motifs is 1. The van der Waals surface area contributed by atoms with Gasteiger partial charge in [0.1, 0.15) is 18.2 Å². The van der Waals surface area contributed by atoms with E-state index in [-0.39, 0.29) is 16.6 Å². The van der Waals surface area contributed by atoms with E-state index in [1.807, 2.05) is 10.7 Å². The van der Waals surface area contributed by atoms with Crippen molar-refractivity contribution in [1.29, 1.82) is 0 Å². The molecular weight excluding hydrogens is 565 g/mol. The first kappa shape index (κ1) is 33.0. The Kier molecular flexibility index (Phi) is 9.56. The Morgan fingerprint density at radius 1 is 1.02 bits per heavy atom. The summed E-state index contributed by atoms with van der Waals surface area (Å²) in [5.41, 5.74) is 5.62. The molecule has 2 fully saturated rings. The Labute approximate surface area is 266 Å². The van der Waals surface area contributed by atoms with Crippen LogP contribution in [0.4, 0.5) is 5.82 Å². The van der Waals surface area contributed by atoms with Crippen LogP contribution in [0.25, 0.3) is 16.9 Å². The molecule has 1 unspecified atom stereocenters. The van der Waals surface area contributed by atoms with E-state index in [9.17, 15) is 0 Å². The third kappa shape index (κ3) is 7.86. The van der Waals surface area contributed by atoms with Crippen molar-refractivity contribution in [2.45, 2.75) is 111 Å². The lowest BCUT2D eigenvalue weighted by Crippen LogP contribution is -2.45. The van der Waals surface area contributed by atoms with E-state index in [0.717, 1.165) is 66.8 Å². The van der Waals surface area contributed by atoms with Crippen molar-refractivity contribution < 1.29 is 13.9 Å². The molecular formula is C36H55N4O3Si. The molecule has 2 aromatic heterocycles. The Morgan fingerprint density at radius 2 is 1.73 bits per heavy atom. The van der Waals surface area contributed by atoms with Crippen LogP contribution in [-0.4, -0.2) is 61.9 Å². The normalized spacial score (nSPS) is 17.5. The second-order valence-corrected chi connectivity index (χ2v) is 20.5. The van der Waals surface area contributed by atoms with Crippen LogP contribution in [0.3, 0.4) is 0 Å². The average molecular weight is 620 g/mol. The maximum absolute atomic E-state index is 6.93. The van der Waals surface area contributed by atoms with Gasteiger partial charge in [0.2, 0.25) is 0 Å². The number of ether oxygens (including phenoxy) is 2. The molecule has 2 aliphatic rings. The molecule has 1 aliphatic heterocycles. The highest BCUT2D eigenvalue weighted by molar-refractivity contribution is 6.74. The largest absolute Gasteiger partial charge is 0.491 e. The lowest BCUT2D eigenvalue weighted by molar-refractivity contribution is 0.110. The van der Waals surface area contributed by atoms with Crippen LogP contribution in [0, 0.1) is 11.8 Å². The van der Waals surface area contributed by atoms with Crippen LogP contribution < -0.4 is 9.64 Å². The Morgan fingerprint density at radius 3 is 2.34 bits per heavy atom. The van der Waals surface area contributed by atoms with Gasteiger partial charge in [-0.05, 0) is 84.8 Å². The lowest BCUT2D eigenvalue weighted by atomic mass is 9.89. The summed E-state index contributed by atoms with van der Waals surface area (Å²) in [5, 5.41) is 4.92. The highest BCUT2D eigenvalue weighted by Crippen LogP contribution is 2.43. The minimum atomic E-state index is -1.97. The highest BCUT2D eigenvalue weighted by Gasteiger charge is 2.39. The van der Waals surface area contributed by atoms with Crippen molar-refractivity contribution in [2.75, 3.05) is 37.8 Å². The van der Waals surface area contributed by atoms with Gasteiger partial charge in [0.15, 0.2) is 14.0 Å². The van der Waals surface area contributed by atoms with Crippen LogP contribution in [0.5, 0.6) is 5.75 Å². The summed E-state index contributed by atoms with van der Waals surface area (Å²) in [6.07, 6.45) is 7.69. The molecule has 1 radical (unpaired) electrons. The molecule has 0 spiro atoms. The Bertz CT molecular complexity index is 1430. The van der Waals surface area contributed by atoms with Crippen molar-refractivity contribution in [1.82, 2.24) is 14.6 Å². The lowest BCUT2D eigenvalue weighted by Gasteiger charge is -2.39. The quantitative estimate of drug-likeness (QED) is 0.200. The molecule has 0 amide bonds. The number of aromatic nitrogens is 3. The molecule has 241 valence electrons. The molecule has 1 aromatic carbocycles. The maximum atomic E-state index is 6.93. The van der Waals surface area contributed by atoms with Gasteiger partial charge in [0, 0.05) is 30.3 Å². The predicted molar refractivity (Wildman–Crippen MR) is 183 cm³/mol. The molecule has 0 N–H and O–H groups in total. The van der Waals surface area contributed by atoms with Gasteiger partial charge in [-0.1, -0.05) is 55.4 Å². The van der Waals surface area contributed by atoms with Crippen molar-refractivity contribution in [3.05, 3.63) is 48.0 Å². The second kappa shape index (κ2) is 12.8. The van der Waals surface area contributed by atoms with Gasteiger partial charge in [-0.15, -0.1) is 0 Å². The van der Waals surface area contributed by atoms with Crippen LogP contribution in [0.2, 0.25) is 18.1 Å².